The molecule has 0 saturated heterocycles. The van der Waals surface area contributed by atoms with E-state index in [9.17, 15) is 18.3 Å². The van der Waals surface area contributed by atoms with Gasteiger partial charge in [0.1, 0.15) is 5.75 Å². The van der Waals surface area contributed by atoms with Gasteiger partial charge in [0.15, 0.2) is 0 Å². The average molecular weight is 372 g/mol. The van der Waals surface area contributed by atoms with Crippen molar-refractivity contribution in [2.45, 2.75) is 11.8 Å². The fourth-order valence-electron chi connectivity index (χ4n) is 2.64. The van der Waals surface area contributed by atoms with E-state index in [1.54, 1.807) is 43.3 Å². The summed E-state index contributed by atoms with van der Waals surface area (Å²) in [7, 11) is -4.46. The molecule has 0 radical (unpaired) electrons. The number of benzene rings is 3. The van der Waals surface area contributed by atoms with Gasteiger partial charge in [0.2, 0.25) is 0 Å². The molecular formula is C18H16N2O5S. The van der Waals surface area contributed by atoms with Crippen molar-refractivity contribution in [2.75, 3.05) is 11.1 Å². The van der Waals surface area contributed by atoms with Crippen molar-refractivity contribution in [1.82, 2.24) is 0 Å². The predicted octanol–water partition coefficient (Wildman–Crippen LogP) is 2.94. The quantitative estimate of drug-likeness (QED) is 0.413. The molecule has 0 heterocycles. The van der Waals surface area contributed by atoms with Crippen LogP contribution in [-0.2, 0) is 10.1 Å². The zero-order valence-corrected chi connectivity index (χ0v) is 14.5. The summed E-state index contributed by atoms with van der Waals surface area (Å²) in [5, 5.41) is 13.5. The van der Waals surface area contributed by atoms with E-state index in [0.717, 1.165) is 11.6 Å². The second-order valence-corrected chi connectivity index (χ2v) is 7.27. The lowest BCUT2D eigenvalue weighted by molar-refractivity contribution is 0.102. The van der Waals surface area contributed by atoms with E-state index in [0.29, 0.717) is 22.3 Å². The Kier molecular flexibility index (Phi) is 4.31. The number of aromatic hydroxyl groups is 1. The topological polar surface area (TPSA) is 130 Å². The fraction of sp³-hybridized carbons (Fsp3) is 0.0556. The van der Waals surface area contributed by atoms with Crippen molar-refractivity contribution >= 4 is 38.2 Å². The van der Waals surface area contributed by atoms with Gasteiger partial charge in [-0.25, -0.2) is 0 Å². The van der Waals surface area contributed by atoms with E-state index >= 15 is 0 Å². The van der Waals surface area contributed by atoms with Crippen LogP contribution in [0.15, 0.2) is 53.4 Å². The van der Waals surface area contributed by atoms with Gasteiger partial charge in [-0.15, -0.1) is 0 Å². The van der Waals surface area contributed by atoms with E-state index in [-0.39, 0.29) is 11.1 Å². The van der Waals surface area contributed by atoms with Crippen molar-refractivity contribution in [1.29, 1.82) is 0 Å². The van der Waals surface area contributed by atoms with Crippen molar-refractivity contribution in [3.8, 4) is 5.75 Å². The number of hydrogen-bond acceptors (Lipinski definition) is 5. The van der Waals surface area contributed by atoms with Gasteiger partial charge in [-0.05, 0) is 48.2 Å². The summed E-state index contributed by atoms with van der Waals surface area (Å²) in [6, 6.07) is 11.7. The molecule has 3 rings (SSSR count). The Morgan fingerprint density at radius 3 is 2.50 bits per heavy atom. The number of nitrogens with one attached hydrogen (secondary N) is 1. The minimum Gasteiger partial charge on any atom is -0.507 e. The molecule has 3 aromatic carbocycles. The van der Waals surface area contributed by atoms with Crippen LogP contribution in [-0.4, -0.2) is 24.0 Å². The van der Waals surface area contributed by atoms with Crippen LogP contribution in [0.3, 0.4) is 0 Å². The molecule has 134 valence electrons. The molecule has 0 aromatic heterocycles. The van der Waals surface area contributed by atoms with Crippen molar-refractivity contribution < 1.29 is 22.9 Å². The Balaban J connectivity index is 2.05. The number of hydrogen-bond donors (Lipinski definition) is 4. The van der Waals surface area contributed by atoms with Gasteiger partial charge in [0.25, 0.3) is 16.0 Å². The van der Waals surface area contributed by atoms with E-state index in [1.807, 2.05) is 0 Å². The van der Waals surface area contributed by atoms with Gasteiger partial charge in [-0.2, -0.15) is 8.42 Å². The Bertz CT molecular complexity index is 1140. The molecule has 3 aromatic rings. The van der Waals surface area contributed by atoms with Crippen molar-refractivity contribution in [3.63, 3.8) is 0 Å². The molecule has 0 aliphatic rings. The first-order valence-corrected chi connectivity index (χ1v) is 9.01. The molecule has 0 bridgehead atoms. The smallest absolute Gasteiger partial charge is 0.294 e. The molecule has 0 atom stereocenters. The summed E-state index contributed by atoms with van der Waals surface area (Å²) >= 11 is 0. The number of fused-ring (bicyclic) bond motifs is 1. The molecule has 7 nitrogen and oxygen atoms in total. The molecule has 0 aliphatic carbocycles. The molecule has 0 fully saturated rings. The maximum absolute atomic E-state index is 12.5. The standard InChI is InChI=1S/C18H16N2O5S/c1-10-7-12(5-6-14(10)19)18(22)20-15-4-2-3-11-8-13(26(23,24)25)9-16(21)17(11)15/h2-9,21H,19H2,1H3,(H,20,22)(H,23,24,25). The molecule has 0 unspecified atom stereocenters. The van der Waals surface area contributed by atoms with Crippen LogP contribution in [0.25, 0.3) is 10.8 Å². The van der Waals surface area contributed by atoms with Crippen molar-refractivity contribution in [2.24, 2.45) is 0 Å². The van der Waals surface area contributed by atoms with Crippen molar-refractivity contribution in [3.05, 3.63) is 59.7 Å². The van der Waals surface area contributed by atoms with Crippen LogP contribution in [0, 0.1) is 6.92 Å². The summed E-state index contributed by atoms with van der Waals surface area (Å²) in [5.74, 6) is -0.779. The maximum atomic E-state index is 12.5. The Morgan fingerprint density at radius 2 is 1.85 bits per heavy atom. The molecule has 0 saturated carbocycles. The van der Waals surface area contributed by atoms with Crippen LogP contribution in [0.1, 0.15) is 15.9 Å². The fourth-order valence-corrected chi connectivity index (χ4v) is 3.18. The largest absolute Gasteiger partial charge is 0.507 e. The molecule has 1 amide bonds. The van der Waals surface area contributed by atoms with Crippen LogP contribution < -0.4 is 11.1 Å². The number of nitrogen functional groups attached to an aromatic ring is 1. The van der Waals surface area contributed by atoms with Gasteiger partial charge in [-0.1, -0.05) is 12.1 Å². The second-order valence-electron chi connectivity index (χ2n) is 5.85. The minimum atomic E-state index is -4.46. The van der Waals surface area contributed by atoms with E-state index in [2.05, 4.69) is 5.32 Å². The Labute approximate surface area is 149 Å². The lowest BCUT2D eigenvalue weighted by atomic mass is 10.1. The lowest BCUT2D eigenvalue weighted by Gasteiger charge is -2.12. The van der Waals surface area contributed by atoms with Gasteiger partial charge >= 0.3 is 0 Å². The number of nitrogens with two attached hydrogens (primary N) is 1. The van der Waals surface area contributed by atoms with Crippen LogP contribution >= 0.6 is 0 Å². The predicted molar refractivity (Wildman–Crippen MR) is 99.0 cm³/mol. The number of rotatable bonds is 3. The van der Waals surface area contributed by atoms with Gasteiger partial charge in [0, 0.05) is 22.7 Å². The van der Waals surface area contributed by atoms with E-state index in [1.165, 1.54) is 6.07 Å². The number of phenols is 1. The first kappa shape index (κ1) is 17.7. The number of aryl methyl sites for hydroxylation is 1. The summed E-state index contributed by atoms with van der Waals surface area (Å²) in [5.41, 5.74) is 7.78. The van der Waals surface area contributed by atoms with Crippen LogP contribution in [0.2, 0.25) is 0 Å². The number of carbonyl (C=O) groups is 1. The third kappa shape index (κ3) is 3.32. The van der Waals surface area contributed by atoms with Crippen LogP contribution in [0.4, 0.5) is 11.4 Å². The van der Waals surface area contributed by atoms with E-state index < -0.39 is 20.9 Å². The first-order chi connectivity index (χ1) is 12.2. The third-order valence-electron chi connectivity index (χ3n) is 4.01. The highest BCUT2D eigenvalue weighted by molar-refractivity contribution is 7.85. The molecule has 26 heavy (non-hydrogen) atoms. The number of anilines is 2. The number of phenolic OH excluding ortho intramolecular Hbond substituents is 1. The first-order valence-electron chi connectivity index (χ1n) is 7.57. The molecule has 8 heteroatoms. The molecular weight excluding hydrogens is 356 g/mol. The third-order valence-corrected chi connectivity index (χ3v) is 4.84. The highest BCUT2D eigenvalue weighted by Crippen LogP contribution is 2.34. The zero-order chi connectivity index (χ0) is 19.1. The van der Waals surface area contributed by atoms with E-state index in [4.69, 9.17) is 10.3 Å². The summed E-state index contributed by atoms with van der Waals surface area (Å²) < 4.78 is 31.8. The number of carbonyl (C=O) groups excluding carboxylic acids is 1. The zero-order valence-electron chi connectivity index (χ0n) is 13.7. The Morgan fingerprint density at radius 1 is 1.12 bits per heavy atom. The maximum Gasteiger partial charge on any atom is 0.294 e. The normalized spacial score (nSPS) is 11.5. The second kappa shape index (κ2) is 6.32. The minimum absolute atomic E-state index is 0.264. The number of amides is 1. The lowest BCUT2D eigenvalue weighted by Crippen LogP contribution is -2.12. The van der Waals surface area contributed by atoms with Gasteiger partial charge in [-0.3, -0.25) is 9.35 Å². The monoisotopic (exact) mass is 372 g/mol. The molecule has 0 aliphatic heterocycles. The Hall–Kier alpha value is -3.10. The van der Waals surface area contributed by atoms with Crippen LogP contribution in [0.5, 0.6) is 5.75 Å². The van der Waals surface area contributed by atoms with Gasteiger partial charge < -0.3 is 16.2 Å². The highest BCUT2D eigenvalue weighted by atomic mass is 32.2. The molecule has 5 N–H and O–H groups in total. The SMILES string of the molecule is Cc1cc(C(=O)Nc2cccc3cc(S(=O)(=O)O)cc(O)c23)ccc1N. The summed E-state index contributed by atoms with van der Waals surface area (Å²) in [6.45, 7) is 1.78. The summed E-state index contributed by atoms with van der Waals surface area (Å²) in [6.07, 6.45) is 0. The van der Waals surface area contributed by atoms with Gasteiger partial charge in [0.05, 0.1) is 10.6 Å². The molecule has 0 spiro atoms. The average Bonchev–Trinajstić information content (AvgIpc) is 2.56. The highest BCUT2D eigenvalue weighted by Gasteiger charge is 2.16. The summed E-state index contributed by atoms with van der Waals surface area (Å²) in [4.78, 5) is 12.1.